The Bertz CT molecular complexity index is 3560. The van der Waals surface area contributed by atoms with Gasteiger partial charge < -0.3 is 8.83 Å². The lowest BCUT2D eigenvalue weighted by Crippen LogP contribution is -2.01. The van der Waals surface area contributed by atoms with Crippen molar-refractivity contribution in [3.8, 4) is 56.4 Å². The van der Waals surface area contributed by atoms with Crippen molar-refractivity contribution in [2.75, 3.05) is 0 Å². The van der Waals surface area contributed by atoms with E-state index in [1.165, 1.54) is 16.3 Å². The quantitative estimate of drug-likeness (QED) is 0.176. The summed E-state index contributed by atoms with van der Waals surface area (Å²) in [5.74, 6) is 1.73. The van der Waals surface area contributed by atoms with E-state index in [1.54, 1.807) is 0 Å². The zero-order chi connectivity index (χ0) is 38.2. The lowest BCUT2D eigenvalue weighted by Gasteiger charge is -2.12. The van der Waals surface area contributed by atoms with Gasteiger partial charge in [-0.3, -0.25) is 0 Å². The monoisotopic (exact) mass is 741 g/mol. The molecular formula is C53H31N3O2. The number of fused-ring (bicyclic) bond motifs is 9. The van der Waals surface area contributed by atoms with E-state index in [9.17, 15) is 0 Å². The summed E-state index contributed by atoms with van der Waals surface area (Å²) in [7, 11) is 0. The van der Waals surface area contributed by atoms with Gasteiger partial charge >= 0.3 is 0 Å². The van der Waals surface area contributed by atoms with E-state index in [-0.39, 0.29) is 0 Å². The van der Waals surface area contributed by atoms with Gasteiger partial charge in [-0.15, -0.1) is 0 Å². The van der Waals surface area contributed by atoms with Crippen LogP contribution in [0, 0.1) is 0 Å². The van der Waals surface area contributed by atoms with Crippen LogP contribution in [0.4, 0.5) is 0 Å². The Morgan fingerprint density at radius 1 is 0.276 bits per heavy atom. The van der Waals surface area contributed by atoms with Gasteiger partial charge in [0.1, 0.15) is 22.3 Å². The highest BCUT2D eigenvalue weighted by Gasteiger charge is 2.22. The highest BCUT2D eigenvalue weighted by Crippen LogP contribution is 2.42. The predicted octanol–water partition coefficient (Wildman–Crippen LogP) is 14.3. The smallest absolute Gasteiger partial charge is 0.164 e. The molecule has 0 aliphatic rings. The van der Waals surface area contributed by atoms with Gasteiger partial charge in [0.2, 0.25) is 0 Å². The minimum absolute atomic E-state index is 0.567. The van der Waals surface area contributed by atoms with Crippen LogP contribution in [-0.4, -0.2) is 15.0 Å². The molecular weight excluding hydrogens is 711 g/mol. The number of aromatic nitrogens is 3. The maximum atomic E-state index is 6.67. The summed E-state index contributed by atoms with van der Waals surface area (Å²) in [5.41, 5.74) is 10.4. The van der Waals surface area contributed by atoms with Gasteiger partial charge in [-0.25, -0.2) is 15.0 Å². The molecule has 0 amide bonds. The first-order valence-corrected chi connectivity index (χ1v) is 19.4. The van der Waals surface area contributed by atoms with Gasteiger partial charge in [0.15, 0.2) is 17.5 Å². The molecule has 0 aliphatic heterocycles. The van der Waals surface area contributed by atoms with Crippen molar-refractivity contribution in [1.82, 2.24) is 15.0 Å². The third-order valence-electron chi connectivity index (χ3n) is 11.4. The number of rotatable bonds is 5. The minimum Gasteiger partial charge on any atom is -0.456 e. The predicted molar refractivity (Wildman–Crippen MR) is 237 cm³/mol. The zero-order valence-corrected chi connectivity index (χ0v) is 31.1. The summed E-state index contributed by atoms with van der Waals surface area (Å²) < 4.78 is 13.0. The fraction of sp³-hybridized carbons (Fsp3) is 0. The first-order chi connectivity index (χ1) is 28.7. The highest BCUT2D eigenvalue weighted by molar-refractivity contribution is 6.22. The van der Waals surface area contributed by atoms with Crippen molar-refractivity contribution in [2.24, 2.45) is 0 Å². The molecule has 270 valence electrons. The maximum absolute atomic E-state index is 6.67. The Kier molecular flexibility index (Phi) is 7.16. The van der Waals surface area contributed by atoms with Crippen LogP contribution in [0.25, 0.3) is 122 Å². The first kappa shape index (κ1) is 32.4. The first-order valence-electron chi connectivity index (χ1n) is 19.4. The number of para-hydroxylation sites is 2. The van der Waals surface area contributed by atoms with Crippen molar-refractivity contribution in [2.45, 2.75) is 0 Å². The molecule has 0 aliphatic carbocycles. The van der Waals surface area contributed by atoms with Crippen LogP contribution in [0.1, 0.15) is 0 Å². The Morgan fingerprint density at radius 3 is 1.67 bits per heavy atom. The Balaban J connectivity index is 1.11. The van der Waals surface area contributed by atoms with E-state index in [0.717, 1.165) is 88.0 Å². The SMILES string of the molecule is c1ccc(-c2cccc3c2oc2cccc(-c4nc(-c5ccc(-c6cccc7ccccc67)cc5)nc(-c5cccc6ccc7oc8ccccc8c7c56)n4)c23)cc1. The summed E-state index contributed by atoms with van der Waals surface area (Å²) in [6.45, 7) is 0. The van der Waals surface area contributed by atoms with Crippen LogP contribution in [0.2, 0.25) is 0 Å². The Hall–Kier alpha value is -7.89. The molecule has 0 saturated carbocycles. The molecule has 0 fully saturated rings. The van der Waals surface area contributed by atoms with E-state index in [0.29, 0.717) is 17.5 Å². The molecule has 0 unspecified atom stereocenters. The van der Waals surface area contributed by atoms with Gasteiger partial charge in [0, 0.05) is 49.2 Å². The standard InChI is InChI=1S/C53H31N3O2/c1-2-12-33(13-3-1)39-20-10-21-41-48-43(23-11-25-45(48)58-50(39)41)53-55-51(36-28-26-34(27-29-36)38-19-8-15-32-14-4-5-17-37(32)38)54-52(56-53)42-22-9-16-35-30-31-46-49(47(35)42)40-18-6-7-24-44(40)57-46/h1-31H. The number of furan rings is 2. The molecule has 3 aromatic heterocycles. The van der Waals surface area contributed by atoms with Gasteiger partial charge in [0.05, 0.1) is 0 Å². The van der Waals surface area contributed by atoms with Crippen LogP contribution in [0.3, 0.4) is 0 Å². The van der Waals surface area contributed by atoms with Crippen molar-refractivity contribution < 1.29 is 8.83 Å². The second-order valence-corrected chi connectivity index (χ2v) is 14.7. The van der Waals surface area contributed by atoms with Gasteiger partial charge in [-0.2, -0.15) is 0 Å². The van der Waals surface area contributed by atoms with E-state index >= 15 is 0 Å². The molecule has 0 N–H and O–H groups in total. The molecule has 12 rings (SSSR count). The molecule has 58 heavy (non-hydrogen) atoms. The fourth-order valence-electron chi connectivity index (χ4n) is 8.68. The third kappa shape index (κ3) is 5.07. The minimum atomic E-state index is 0.567. The average Bonchev–Trinajstić information content (AvgIpc) is 3.88. The molecule has 9 aromatic carbocycles. The summed E-state index contributed by atoms with van der Waals surface area (Å²) in [5, 5.41) is 8.61. The van der Waals surface area contributed by atoms with E-state index < -0.39 is 0 Å². The van der Waals surface area contributed by atoms with Crippen molar-refractivity contribution in [1.29, 1.82) is 0 Å². The zero-order valence-electron chi connectivity index (χ0n) is 31.1. The van der Waals surface area contributed by atoms with Crippen LogP contribution >= 0.6 is 0 Å². The normalized spacial score (nSPS) is 11.8. The van der Waals surface area contributed by atoms with Gasteiger partial charge in [0.25, 0.3) is 0 Å². The van der Waals surface area contributed by atoms with Gasteiger partial charge in [-0.1, -0.05) is 170 Å². The number of nitrogens with zero attached hydrogens (tertiary/aromatic N) is 3. The van der Waals surface area contributed by atoms with E-state index in [2.05, 4.69) is 158 Å². The molecule has 5 heteroatoms. The summed E-state index contributed by atoms with van der Waals surface area (Å²) in [6.07, 6.45) is 0. The van der Waals surface area contributed by atoms with Crippen LogP contribution in [0.15, 0.2) is 197 Å². The van der Waals surface area contributed by atoms with E-state index in [4.69, 9.17) is 23.8 Å². The molecule has 5 nitrogen and oxygen atoms in total. The lowest BCUT2D eigenvalue weighted by molar-refractivity contribution is 0.669. The molecule has 0 spiro atoms. The van der Waals surface area contributed by atoms with Crippen LogP contribution < -0.4 is 0 Å². The van der Waals surface area contributed by atoms with Gasteiger partial charge in [-0.05, 0) is 51.0 Å². The Labute approximate surface area is 332 Å². The molecule has 0 atom stereocenters. The molecule has 3 heterocycles. The molecule has 0 bridgehead atoms. The van der Waals surface area contributed by atoms with E-state index in [1.807, 2.05) is 30.3 Å². The largest absolute Gasteiger partial charge is 0.456 e. The average molecular weight is 742 g/mol. The highest BCUT2D eigenvalue weighted by atomic mass is 16.3. The number of hydrogen-bond donors (Lipinski definition) is 0. The second kappa shape index (κ2) is 12.8. The summed E-state index contributed by atoms with van der Waals surface area (Å²) in [6, 6.07) is 65.0. The fourth-order valence-corrected chi connectivity index (χ4v) is 8.68. The maximum Gasteiger partial charge on any atom is 0.164 e. The van der Waals surface area contributed by atoms with Crippen LogP contribution in [-0.2, 0) is 0 Å². The second-order valence-electron chi connectivity index (χ2n) is 14.7. The van der Waals surface area contributed by atoms with Crippen molar-refractivity contribution >= 4 is 65.4 Å². The molecule has 12 aromatic rings. The molecule has 0 radical (unpaired) electrons. The number of benzene rings is 9. The molecule has 0 saturated heterocycles. The third-order valence-corrected chi connectivity index (χ3v) is 11.4. The Morgan fingerprint density at radius 2 is 0.828 bits per heavy atom. The van der Waals surface area contributed by atoms with Crippen molar-refractivity contribution in [3.63, 3.8) is 0 Å². The summed E-state index contributed by atoms with van der Waals surface area (Å²) in [4.78, 5) is 15.9. The number of hydrogen-bond acceptors (Lipinski definition) is 5. The summed E-state index contributed by atoms with van der Waals surface area (Å²) >= 11 is 0. The lowest BCUT2D eigenvalue weighted by atomic mass is 9.97. The topological polar surface area (TPSA) is 65.0 Å². The van der Waals surface area contributed by atoms with Crippen molar-refractivity contribution in [3.05, 3.63) is 188 Å². The van der Waals surface area contributed by atoms with Crippen LogP contribution in [0.5, 0.6) is 0 Å².